The van der Waals surface area contributed by atoms with Crippen LogP contribution in [0.1, 0.15) is 219 Å². The molecule has 0 saturated carbocycles. The Hall–Kier alpha value is -0.910. The summed E-state index contributed by atoms with van der Waals surface area (Å²) in [4.78, 5) is 12.4. The third kappa shape index (κ3) is 31.7. The number of aliphatic hydroxyl groups excluding tert-OH is 3. The summed E-state index contributed by atoms with van der Waals surface area (Å²) in [7, 11) is 0. The molecule has 0 aromatic rings. The number of amides is 1. The van der Waals surface area contributed by atoms with E-state index in [1.807, 2.05) is 0 Å². The Bertz CT molecular complexity index is 640. The van der Waals surface area contributed by atoms with Gasteiger partial charge in [-0.3, -0.25) is 4.79 Å². The van der Waals surface area contributed by atoms with Gasteiger partial charge in [-0.25, -0.2) is 0 Å². The van der Waals surface area contributed by atoms with Crippen LogP contribution in [0.2, 0.25) is 0 Å². The van der Waals surface area contributed by atoms with Gasteiger partial charge in [-0.15, -0.1) is 0 Å². The lowest BCUT2D eigenvalue weighted by atomic mass is 10.0. The summed E-state index contributed by atoms with van der Waals surface area (Å²) in [5, 5.41) is 33.2. The van der Waals surface area contributed by atoms with Gasteiger partial charge in [0.15, 0.2) is 0 Å². The van der Waals surface area contributed by atoms with Gasteiger partial charge in [-0.1, -0.05) is 193 Å². The number of hydrogen-bond acceptors (Lipinski definition) is 4. The highest BCUT2D eigenvalue weighted by Gasteiger charge is 2.23. The molecule has 0 spiro atoms. The molecule has 4 N–H and O–H groups in total. The number of carbonyl (C=O) groups excluding carboxylic acids is 1. The lowest BCUT2D eigenvalue weighted by molar-refractivity contribution is -0.131. The van der Waals surface area contributed by atoms with Gasteiger partial charge in [0.05, 0.1) is 18.8 Å². The SMILES string of the molecule is CCCCCC/C=C\CCCCCCCCC(O)C(=O)NC(CO)C(O)CCCCCCCCCCCCCCCCCCCC. The Morgan fingerprint density at radius 1 is 0.500 bits per heavy atom. The number of nitrogens with one attached hydrogen (secondary N) is 1. The number of unbranched alkanes of at least 4 members (excludes halogenated alkanes) is 27. The van der Waals surface area contributed by atoms with Crippen LogP contribution in [0, 0.1) is 0 Å². The van der Waals surface area contributed by atoms with Gasteiger partial charge in [-0.2, -0.15) is 0 Å². The third-order valence-electron chi connectivity index (χ3n) is 9.63. The zero-order chi connectivity index (χ0) is 33.8. The predicted octanol–water partition coefficient (Wildman–Crippen LogP) is 11.3. The molecule has 1 amide bonds. The first kappa shape index (κ1) is 45.1. The fraction of sp³-hybridized carbons (Fsp3) is 0.927. The average Bonchev–Trinajstić information content (AvgIpc) is 3.06. The second-order valence-corrected chi connectivity index (χ2v) is 14.2. The van der Waals surface area contributed by atoms with Crippen LogP contribution in [-0.2, 0) is 4.79 Å². The van der Waals surface area contributed by atoms with Crippen LogP contribution in [0.5, 0.6) is 0 Å². The molecule has 0 aromatic carbocycles. The Kier molecular flexibility index (Phi) is 36.2. The zero-order valence-corrected chi connectivity index (χ0v) is 31.0. The largest absolute Gasteiger partial charge is 0.394 e. The van der Waals surface area contributed by atoms with Crippen molar-refractivity contribution in [2.75, 3.05) is 6.61 Å². The van der Waals surface area contributed by atoms with E-state index in [9.17, 15) is 20.1 Å². The molecule has 0 saturated heterocycles. The number of carbonyl (C=O) groups is 1. The molecule has 5 nitrogen and oxygen atoms in total. The van der Waals surface area contributed by atoms with E-state index in [1.165, 1.54) is 161 Å². The minimum atomic E-state index is -1.08. The molecule has 0 aliphatic carbocycles. The summed E-state index contributed by atoms with van der Waals surface area (Å²) < 4.78 is 0. The van der Waals surface area contributed by atoms with Gasteiger partial charge in [0.25, 0.3) is 0 Å². The monoisotopic (exact) mass is 652 g/mol. The topological polar surface area (TPSA) is 89.8 Å². The fourth-order valence-electron chi connectivity index (χ4n) is 6.36. The quantitative estimate of drug-likeness (QED) is 0.0397. The van der Waals surface area contributed by atoms with Crippen molar-refractivity contribution in [3.05, 3.63) is 12.2 Å². The van der Waals surface area contributed by atoms with Crippen molar-refractivity contribution in [2.24, 2.45) is 0 Å². The molecular weight excluding hydrogens is 570 g/mol. The fourth-order valence-corrected chi connectivity index (χ4v) is 6.36. The average molecular weight is 652 g/mol. The maximum Gasteiger partial charge on any atom is 0.249 e. The van der Waals surface area contributed by atoms with Crippen LogP contribution in [0.3, 0.4) is 0 Å². The molecule has 3 atom stereocenters. The van der Waals surface area contributed by atoms with E-state index in [0.29, 0.717) is 12.8 Å². The van der Waals surface area contributed by atoms with E-state index in [1.54, 1.807) is 0 Å². The second kappa shape index (κ2) is 36.9. The van der Waals surface area contributed by atoms with Crippen molar-refractivity contribution >= 4 is 5.91 Å². The zero-order valence-electron chi connectivity index (χ0n) is 31.0. The van der Waals surface area contributed by atoms with Gasteiger partial charge >= 0.3 is 0 Å². The maximum atomic E-state index is 12.4. The van der Waals surface area contributed by atoms with Gasteiger partial charge in [-0.05, 0) is 38.5 Å². The first-order valence-corrected chi connectivity index (χ1v) is 20.5. The van der Waals surface area contributed by atoms with Crippen molar-refractivity contribution in [1.29, 1.82) is 0 Å². The second-order valence-electron chi connectivity index (χ2n) is 14.2. The molecule has 0 radical (unpaired) electrons. The van der Waals surface area contributed by atoms with Crippen LogP contribution < -0.4 is 5.32 Å². The van der Waals surface area contributed by atoms with E-state index in [0.717, 1.165) is 32.1 Å². The van der Waals surface area contributed by atoms with E-state index in [2.05, 4.69) is 31.3 Å². The van der Waals surface area contributed by atoms with E-state index in [4.69, 9.17) is 0 Å². The summed E-state index contributed by atoms with van der Waals surface area (Å²) in [6.07, 6.45) is 42.0. The molecule has 0 fully saturated rings. The van der Waals surface area contributed by atoms with Crippen molar-refractivity contribution in [3.63, 3.8) is 0 Å². The molecule has 0 bridgehead atoms. The highest BCUT2D eigenvalue weighted by Crippen LogP contribution is 2.16. The molecule has 0 aromatic heterocycles. The molecule has 3 unspecified atom stereocenters. The predicted molar refractivity (Wildman–Crippen MR) is 199 cm³/mol. The Balaban J connectivity index is 3.63. The van der Waals surface area contributed by atoms with Crippen LogP contribution in [0.15, 0.2) is 12.2 Å². The normalized spacial score (nSPS) is 13.8. The van der Waals surface area contributed by atoms with Crippen LogP contribution in [-0.4, -0.2) is 46.1 Å². The lowest BCUT2D eigenvalue weighted by Crippen LogP contribution is -2.49. The molecule has 274 valence electrons. The highest BCUT2D eigenvalue weighted by atomic mass is 16.3. The molecule has 0 aliphatic rings. The van der Waals surface area contributed by atoms with Crippen LogP contribution in [0.25, 0.3) is 0 Å². The van der Waals surface area contributed by atoms with Crippen LogP contribution in [0.4, 0.5) is 0 Å². The Morgan fingerprint density at radius 2 is 0.826 bits per heavy atom. The molecule has 0 heterocycles. The highest BCUT2D eigenvalue weighted by molar-refractivity contribution is 5.80. The van der Waals surface area contributed by atoms with Crippen molar-refractivity contribution in [3.8, 4) is 0 Å². The summed E-state index contributed by atoms with van der Waals surface area (Å²) in [6.45, 7) is 4.22. The standard InChI is InChI=1S/C41H81NO4/c1-3-5-7-9-11-13-15-17-19-20-21-22-24-25-27-29-31-33-35-39(44)38(37-43)42-41(46)40(45)36-34-32-30-28-26-23-18-16-14-12-10-8-6-4-2/h14,16,38-40,43-45H,3-13,15,17-37H2,1-2H3,(H,42,46)/b16-14-. The Labute approximate surface area is 287 Å². The van der Waals surface area contributed by atoms with E-state index >= 15 is 0 Å². The molecule has 5 heteroatoms. The smallest absolute Gasteiger partial charge is 0.249 e. The van der Waals surface area contributed by atoms with Crippen molar-refractivity contribution in [1.82, 2.24) is 5.32 Å². The molecule has 0 aliphatic heterocycles. The minimum Gasteiger partial charge on any atom is -0.394 e. The molecule has 46 heavy (non-hydrogen) atoms. The van der Waals surface area contributed by atoms with Crippen LogP contribution >= 0.6 is 0 Å². The van der Waals surface area contributed by atoms with Gasteiger partial charge in [0.2, 0.25) is 5.91 Å². The third-order valence-corrected chi connectivity index (χ3v) is 9.63. The molecular formula is C41H81NO4. The van der Waals surface area contributed by atoms with Gasteiger partial charge in [0.1, 0.15) is 6.10 Å². The Morgan fingerprint density at radius 3 is 1.22 bits per heavy atom. The maximum absolute atomic E-state index is 12.4. The molecule has 0 rings (SSSR count). The number of hydrogen-bond donors (Lipinski definition) is 4. The van der Waals surface area contributed by atoms with Gasteiger partial charge in [0, 0.05) is 0 Å². The van der Waals surface area contributed by atoms with E-state index in [-0.39, 0.29) is 6.61 Å². The summed E-state index contributed by atoms with van der Waals surface area (Å²) in [5.41, 5.74) is 0. The minimum absolute atomic E-state index is 0.313. The van der Waals surface area contributed by atoms with Gasteiger partial charge < -0.3 is 20.6 Å². The van der Waals surface area contributed by atoms with Crippen molar-refractivity contribution in [2.45, 2.75) is 238 Å². The summed E-state index contributed by atoms with van der Waals surface area (Å²) in [5.74, 6) is -0.475. The van der Waals surface area contributed by atoms with Crippen molar-refractivity contribution < 1.29 is 20.1 Å². The number of aliphatic hydroxyl groups is 3. The van der Waals surface area contributed by atoms with E-state index < -0.39 is 24.2 Å². The summed E-state index contributed by atoms with van der Waals surface area (Å²) >= 11 is 0. The first-order valence-electron chi connectivity index (χ1n) is 20.5. The lowest BCUT2D eigenvalue weighted by Gasteiger charge is -2.23. The number of rotatable bonds is 37. The summed E-state index contributed by atoms with van der Waals surface area (Å²) in [6, 6.07) is -0.710. The number of allylic oxidation sites excluding steroid dienone is 2. The first-order chi connectivity index (χ1) is 22.6.